The molecule has 0 N–H and O–H groups in total. The van der Waals surface area contributed by atoms with Gasteiger partial charge < -0.3 is 9.42 Å². The van der Waals surface area contributed by atoms with Gasteiger partial charge in [0, 0.05) is 37.0 Å². The van der Waals surface area contributed by atoms with Crippen LogP contribution in [0.5, 0.6) is 0 Å². The summed E-state index contributed by atoms with van der Waals surface area (Å²) in [5, 5.41) is 4.02. The van der Waals surface area contributed by atoms with Gasteiger partial charge in [0.15, 0.2) is 0 Å². The van der Waals surface area contributed by atoms with Crippen molar-refractivity contribution in [2.45, 2.75) is 12.3 Å². The molecular formula is C19H17N3O2. The van der Waals surface area contributed by atoms with Crippen molar-refractivity contribution in [2.24, 2.45) is 0 Å². The van der Waals surface area contributed by atoms with Crippen molar-refractivity contribution in [3.63, 3.8) is 0 Å². The van der Waals surface area contributed by atoms with E-state index < -0.39 is 0 Å². The van der Waals surface area contributed by atoms with Crippen molar-refractivity contribution in [3.05, 3.63) is 72.2 Å². The lowest BCUT2D eigenvalue weighted by molar-refractivity contribution is 0.0790. The van der Waals surface area contributed by atoms with E-state index in [1.807, 2.05) is 47.5 Å². The van der Waals surface area contributed by atoms with E-state index in [4.69, 9.17) is 4.52 Å². The van der Waals surface area contributed by atoms with Gasteiger partial charge in [-0.1, -0.05) is 41.6 Å². The Morgan fingerprint density at radius 2 is 2.04 bits per heavy atom. The number of nitrogens with zero attached hydrogens (tertiary/aromatic N) is 3. The SMILES string of the molecule is O=C(c1conc1-c1ccccc1)N1CCC(c2cccnc2)C1. The highest BCUT2D eigenvalue weighted by molar-refractivity contribution is 5.99. The van der Waals surface area contributed by atoms with E-state index in [1.54, 1.807) is 6.20 Å². The number of likely N-dealkylation sites (tertiary alicyclic amines) is 1. The zero-order valence-electron chi connectivity index (χ0n) is 13.1. The van der Waals surface area contributed by atoms with Gasteiger partial charge in [-0.2, -0.15) is 0 Å². The molecular weight excluding hydrogens is 302 g/mol. The van der Waals surface area contributed by atoms with Crippen molar-refractivity contribution in [2.75, 3.05) is 13.1 Å². The normalized spacial score (nSPS) is 17.2. The second-order valence-electron chi connectivity index (χ2n) is 5.97. The fourth-order valence-electron chi connectivity index (χ4n) is 3.20. The second kappa shape index (κ2) is 6.28. The molecule has 5 heteroatoms. The van der Waals surface area contributed by atoms with Crippen LogP contribution >= 0.6 is 0 Å². The van der Waals surface area contributed by atoms with E-state index in [0.29, 0.717) is 23.7 Å². The summed E-state index contributed by atoms with van der Waals surface area (Å²) in [4.78, 5) is 18.9. The standard InChI is InChI=1S/C19H17N3O2/c23-19(17-13-24-21-18(17)14-5-2-1-3-6-14)22-10-8-16(12-22)15-7-4-9-20-11-15/h1-7,9,11,13,16H,8,10,12H2. The number of hydrogen-bond donors (Lipinski definition) is 0. The molecule has 0 spiro atoms. The molecule has 3 aromatic rings. The van der Waals surface area contributed by atoms with E-state index >= 15 is 0 Å². The van der Waals surface area contributed by atoms with Crippen molar-refractivity contribution in [3.8, 4) is 11.3 Å². The van der Waals surface area contributed by atoms with E-state index in [0.717, 1.165) is 18.5 Å². The molecule has 1 amide bonds. The third-order valence-electron chi connectivity index (χ3n) is 4.48. The average molecular weight is 319 g/mol. The molecule has 1 atom stereocenters. The van der Waals surface area contributed by atoms with Gasteiger partial charge in [-0.15, -0.1) is 0 Å². The van der Waals surface area contributed by atoms with Crippen LogP contribution in [0.2, 0.25) is 0 Å². The highest BCUT2D eigenvalue weighted by Crippen LogP contribution is 2.29. The van der Waals surface area contributed by atoms with Crippen molar-refractivity contribution >= 4 is 5.91 Å². The van der Waals surface area contributed by atoms with Crippen LogP contribution in [-0.4, -0.2) is 34.0 Å². The van der Waals surface area contributed by atoms with Gasteiger partial charge in [0.1, 0.15) is 17.5 Å². The van der Waals surface area contributed by atoms with Gasteiger partial charge in [0.05, 0.1) is 0 Å². The first-order valence-corrected chi connectivity index (χ1v) is 8.02. The topological polar surface area (TPSA) is 59.2 Å². The molecule has 0 aliphatic carbocycles. The molecule has 120 valence electrons. The lowest BCUT2D eigenvalue weighted by Gasteiger charge is -2.16. The van der Waals surface area contributed by atoms with Gasteiger partial charge in [-0.05, 0) is 18.1 Å². The smallest absolute Gasteiger partial charge is 0.259 e. The van der Waals surface area contributed by atoms with Gasteiger partial charge in [-0.3, -0.25) is 9.78 Å². The summed E-state index contributed by atoms with van der Waals surface area (Å²) in [6, 6.07) is 13.6. The number of carbonyl (C=O) groups is 1. The number of pyridine rings is 1. The molecule has 1 aromatic carbocycles. The van der Waals surface area contributed by atoms with E-state index in [-0.39, 0.29) is 5.91 Å². The van der Waals surface area contributed by atoms with Crippen LogP contribution in [0.25, 0.3) is 11.3 Å². The molecule has 0 radical (unpaired) electrons. The highest BCUT2D eigenvalue weighted by atomic mass is 16.5. The monoisotopic (exact) mass is 319 g/mol. The fraction of sp³-hybridized carbons (Fsp3) is 0.211. The van der Waals surface area contributed by atoms with Crippen LogP contribution in [0.15, 0.2) is 65.6 Å². The Morgan fingerprint density at radius 3 is 2.83 bits per heavy atom. The number of hydrogen-bond acceptors (Lipinski definition) is 4. The number of rotatable bonds is 3. The summed E-state index contributed by atoms with van der Waals surface area (Å²) < 4.78 is 5.08. The summed E-state index contributed by atoms with van der Waals surface area (Å²) in [5.74, 6) is 0.309. The number of carbonyl (C=O) groups excluding carboxylic acids is 1. The van der Waals surface area contributed by atoms with Crippen LogP contribution < -0.4 is 0 Å². The van der Waals surface area contributed by atoms with Gasteiger partial charge in [0.2, 0.25) is 0 Å². The highest BCUT2D eigenvalue weighted by Gasteiger charge is 2.30. The van der Waals surface area contributed by atoms with Crippen LogP contribution in [0.1, 0.15) is 28.3 Å². The summed E-state index contributed by atoms with van der Waals surface area (Å²) in [6.07, 6.45) is 6.05. The Bertz CT molecular complexity index is 830. The lowest BCUT2D eigenvalue weighted by Crippen LogP contribution is -2.28. The molecule has 0 bridgehead atoms. The van der Waals surface area contributed by atoms with Crippen LogP contribution in [0, 0.1) is 0 Å². The number of aromatic nitrogens is 2. The van der Waals surface area contributed by atoms with Crippen molar-refractivity contribution < 1.29 is 9.32 Å². The molecule has 5 nitrogen and oxygen atoms in total. The molecule has 2 aromatic heterocycles. The molecule has 24 heavy (non-hydrogen) atoms. The van der Waals surface area contributed by atoms with Crippen LogP contribution in [0.3, 0.4) is 0 Å². The number of benzene rings is 1. The zero-order valence-corrected chi connectivity index (χ0v) is 13.1. The molecule has 1 fully saturated rings. The van der Waals surface area contributed by atoms with Crippen molar-refractivity contribution in [1.29, 1.82) is 0 Å². The van der Waals surface area contributed by atoms with E-state index in [9.17, 15) is 4.79 Å². The third-order valence-corrected chi connectivity index (χ3v) is 4.48. The predicted molar refractivity (Wildman–Crippen MR) is 89.4 cm³/mol. The maximum atomic E-state index is 12.9. The molecule has 4 rings (SSSR count). The Hall–Kier alpha value is -2.95. The molecule has 1 aliphatic rings. The summed E-state index contributed by atoms with van der Waals surface area (Å²) in [6.45, 7) is 1.43. The third kappa shape index (κ3) is 2.69. The maximum Gasteiger partial charge on any atom is 0.259 e. The van der Waals surface area contributed by atoms with Gasteiger partial charge in [-0.25, -0.2) is 0 Å². The Morgan fingerprint density at radius 1 is 1.17 bits per heavy atom. The quantitative estimate of drug-likeness (QED) is 0.742. The fourth-order valence-corrected chi connectivity index (χ4v) is 3.20. The maximum absolute atomic E-state index is 12.9. The Labute approximate surface area is 139 Å². The minimum absolute atomic E-state index is 0.0264. The molecule has 3 heterocycles. The first kappa shape index (κ1) is 14.6. The Balaban J connectivity index is 1.55. The average Bonchev–Trinajstić information content (AvgIpc) is 3.32. The molecule has 1 unspecified atom stereocenters. The summed E-state index contributed by atoms with van der Waals surface area (Å²) in [7, 11) is 0. The van der Waals surface area contributed by atoms with Gasteiger partial charge in [0.25, 0.3) is 5.91 Å². The zero-order chi connectivity index (χ0) is 16.4. The van der Waals surface area contributed by atoms with Crippen molar-refractivity contribution in [1.82, 2.24) is 15.0 Å². The van der Waals surface area contributed by atoms with Gasteiger partial charge >= 0.3 is 0 Å². The van der Waals surface area contributed by atoms with E-state index in [2.05, 4.69) is 16.2 Å². The minimum atomic E-state index is -0.0264. The first-order valence-electron chi connectivity index (χ1n) is 8.02. The summed E-state index contributed by atoms with van der Waals surface area (Å²) in [5.41, 5.74) is 3.19. The second-order valence-corrected chi connectivity index (χ2v) is 5.97. The Kier molecular flexibility index (Phi) is 3.83. The predicted octanol–water partition coefficient (Wildman–Crippen LogP) is 3.37. The van der Waals surface area contributed by atoms with E-state index in [1.165, 1.54) is 11.8 Å². The minimum Gasteiger partial charge on any atom is -0.363 e. The first-order chi connectivity index (χ1) is 11.8. The van der Waals surface area contributed by atoms with Crippen LogP contribution in [-0.2, 0) is 0 Å². The molecule has 1 saturated heterocycles. The molecule has 0 saturated carbocycles. The largest absolute Gasteiger partial charge is 0.363 e. The summed E-state index contributed by atoms with van der Waals surface area (Å²) >= 11 is 0. The lowest BCUT2D eigenvalue weighted by atomic mass is 10.0. The van der Waals surface area contributed by atoms with Crippen LogP contribution in [0.4, 0.5) is 0 Å². The molecule has 1 aliphatic heterocycles. The number of amides is 1.